The Labute approximate surface area is 104 Å². The number of hydrogen-bond acceptors (Lipinski definition) is 3. The number of alkyl halides is 3. The van der Waals surface area contributed by atoms with E-state index in [1.807, 2.05) is 0 Å². The Balaban J connectivity index is 2.90. The number of carbonyl (C=O) groups excluding carboxylic acids is 1. The van der Waals surface area contributed by atoms with Crippen LogP contribution < -0.4 is 0 Å². The lowest BCUT2D eigenvalue weighted by Crippen LogP contribution is -2.53. The fourth-order valence-corrected chi connectivity index (χ4v) is 1.93. The van der Waals surface area contributed by atoms with E-state index >= 15 is 0 Å². The number of carbonyl (C=O) groups is 1. The molecule has 1 rings (SSSR count). The Morgan fingerprint density at radius 2 is 2.11 bits per heavy atom. The predicted molar refractivity (Wildman–Crippen MR) is 58.8 cm³/mol. The zero-order chi connectivity index (χ0) is 13.8. The molecule has 1 aliphatic carbocycles. The van der Waals surface area contributed by atoms with E-state index in [1.54, 1.807) is 6.08 Å². The first-order valence-corrected chi connectivity index (χ1v) is 5.95. The highest BCUT2D eigenvalue weighted by molar-refractivity contribution is 5.80. The van der Waals surface area contributed by atoms with Crippen LogP contribution in [0, 0.1) is 0 Å². The summed E-state index contributed by atoms with van der Waals surface area (Å²) in [5.41, 5.74) is -2.96. The van der Waals surface area contributed by atoms with Gasteiger partial charge in [0.15, 0.2) is 0 Å². The van der Waals surface area contributed by atoms with Crippen molar-refractivity contribution in [3.05, 3.63) is 11.6 Å². The molecule has 0 aliphatic heterocycles. The van der Waals surface area contributed by atoms with Gasteiger partial charge in [-0.3, -0.25) is 0 Å². The van der Waals surface area contributed by atoms with Gasteiger partial charge in [-0.1, -0.05) is 11.6 Å². The molecule has 3 nitrogen and oxygen atoms in total. The van der Waals surface area contributed by atoms with Gasteiger partial charge in [-0.25, -0.2) is 4.79 Å². The Kier molecular flexibility index (Phi) is 4.78. The third-order valence-electron chi connectivity index (χ3n) is 2.95. The summed E-state index contributed by atoms with van der Waals surface area (Å²) in [5, 5.41) is 9.66. The quantitative estimate of drug-likeness (QED) is 0.628. The summed E-state index contributed by atoms with van der Waals surface area (Å²) >= 11 is 0. The van der Waals surface area contributed by atoms with Crippen LogP contribution in [0.15, 0.2) is 11.6 Å². The second-order valence-electron chi connectivity index (χ2n) is 4.36. The summed E-state index contributed by atoms with van der Waals surface area (Å²) in [6, 6.07) is 0. The Morgan fingerprint density at radius 3 is 2.56 bits per heavy atom. The second-order valence-corrected chi connectivity index (χ2v) is 4.36. The van der Waals surface area contributed by atoms with Crippen molar-refractivity contribution in [3.8, 4) is 0 Å². The molecule has 0 heterocycles. The Hall–Kier alpha value is -1.04. The molecule has 0 saturated carbocycles. The molecule has 0 aromatic rings. The predicted octanol–water partition coefficient (Wildman–Crippen LogP) is 2.73. The van der Waals surface area contributed by atoms with Crippen LogP contribution in [0.5, 0.6) is 0 Å². The molecule has 0 fully saturated rings. The first-order valence-electron chi connectivity index (χ1n) is 5.95. The highest BCUT2D eigenvalue weighted by atomic mass is 19.4. The summed E-state index contributed by atoms with van der Waals surface area (Å²) in [7, 11) is 0. The Morgan fingerprint density at radius 1 is 1.44 bits per heavy atom. The van der Waals surface area contributed by atoms with Crippen LogP contribution in [0.25, 0.3) is 0 Å². The fraction of sp³-hybridized carbons (Fsp3) is 0.750. The molecule has 0 radical (unpaired) electrons. The van der Waals surface area contributed by atoms with Crippen molar-refractivity contribution in [1.82, 2.24) is 0 Å². The van der Waals surface area contributed by atoms with Crippen LogP contribution >= 0.6 is 0 Å². The zero-order valence-corrected chi connectivity index (χ0v) is 10.2. The molecule has 0 bridgehead atoms. The molecule has 1 N–H and O–H groups in total. The van der Waals surface area contributed by atoms with Gasteiger partial charge in [0.1, 0.15) is 0 Å². The largest absolute Gasteiger partial charge is 0.464 e. The van der Waals surface area contributed by atoms with E-state index in [4.69, 9.17) is 0 Å². The van der Waals surface area contributed by atoms with Crippen LogP contribution in [0.4, 0.5) is 13.2 Å². The minimum Gasteiger partial charge on any atom is -0.464 e. The minimum atomic E-state index is -5.03. The number of esters is 1. The molecule has 0 unspecified atom stereocenters. The maximum atomic E-state index is 12.9. The third-order valence-corrected chi connectivity index (χ3v) is 2.95. The molecule has 104 valence electrons. The van der Waals surface area contributed by atoms with Gasteiger partial charge in [-0.15, -0.1) is 0 Å². The first kappa shape index (κ1) is 15.0. The van der Waals surface area contributed by atoms with E-state index < -0.39 is 24.2 Å². The topological polar surface area (TPSA) is 46.5 Å². The monoisotopic (exact) mass is 266 g/mol. The van der Waals surface area contributed by atoms with Crippen molar-refractivity contribution in [2.24, 2.45) is 0 Å². The Bertz CT molecular complexity index is 336. The van der Waals surface area contributed by atoms with Gasteiger partial charge in [0, 0.05) is 6.42 Å². The van der Waals surface area contributed by atoms with Gasteiger partial charge in [0.05, 0.1) is 6.61 Å². The number of hydrogen-bond donors (Lipinski definition) is 1. The average Bonchev–Trinajstić information content (AvgIpc) is 2.29. The third kappa shape index (κ3) is 3.25. The van der Waals surface area contributed by atoms with Gasteiger partial charge >= 0.3 is 12.1 Å². The lowest BCUT2D eigenvalue weighted by Gasteiger charge is -2.29. The number of allylic oxidation sites excluding steroid dienone is 1. The van der Waals surface area contributed by atoms with Gasteiger partial charge in [0.2, 0.25) is 0 Å². The van der Waals surface area contributed by atoms with Crippen LogP contribution in [-0.4, -0.2) is 29.5 Å². The molecule has 0 aromatic heterocycles. The molecule has 0 amide bonds. The standard InChI is InChI=1S/C12H17F3O3/c1-2-18-10(16)11(17,12(13,14)15)8-9-6-4-3-5-7-9/h6,17H,2-5,7-8H2,1H3/t11-/m0/s1. The maximum Gasteiger partial charge on any atom is 0.428 e. The highest BCUT2D eigenvalue weighted by Gasteiger charge is 2.60. The molecule has 0 aromatic carbocycles. The molecule has 0 saturated heterocycles. The van der Waals surface area contributed by atoms with Crippen molar-refractivity contribution in [2.75, 3.05) is 6.61 Å². The molecular formula is C12H17F3O3. The number of ether oxygens (including phenoxy) is 1. The first-order chi connectivity index (χ1) is 8.31. The molecule has 1 atom stereocenters. The smallest absolute Gasteiger partial charge is 0.428 e. The van der Waals surface area contributed by atoms with Crippen LogP contribution in [-0.2, 0) is 9.53 Å². The normalized spacial score (nSPS) is 19.9. The summed E-state index contributed by atoms with van der Waals surface area (Å²) in [6.45, 7) is 1.20. The van der Waals surface area contributed by atoms with Crippen LogP contribution in [0.1, 0.15) is 39.0 Å². The minimum absolute atomic E-state index is 0.198. The number of rotatable bonds is 4. The van der Waals surface area contributed by atoms with E-state index in [1.165, 1.54) is 6.92 Å². The summed E-state index contributed by atoms with van der Waals surface area (Å²) in [4.78, 5) is 11.4. The highest BCUT2D eigenvalue weighted by Crippen LogP contribution is 2.38. The van der Waals surface area contributed by atoms with Gasteiger partial charge in [-0.05, 0) is 32.6 Å². The SMILES string of the molecule is CCOC(=O)[C@@](O)(CC1=CCCCC1)C(F)(F)F. The fourth-order valence-electron chi connectivity index (χ4n) is 1.93. The summed E-state index contributed by atoms with van der Waals surface area (Å²) in [6.07, 6.45) is -1.22. The number of halogens is 3. The van der Waals surface area contributed by atoms with Crippen LogP contribution in [0.2, 0.25) is 0 Å². The van der Waals surface area contributed by atoms with Gasteiger partial charge in [0.25, 0.3) is 5.60 Å². The van der Waals surface area contributed by atoms with E-state index in [-0.39, 0.29) is 6.61 Å². The van der Waals surface area contributed by atoms with Crippen LogP contribution in [0.3, 0.4) is 0 Å². The van der Waals surface area contributed by atoms with Crippen molar-refractivity contribution in [3.63, 3.8) is 0 Å². The molecular weight excluding hydrogens is 249 g/mol. The number of aliphatic hydroxyl groups is 1. The molecule has 1 aliphatic rings. The van der Waals surface area contributed by atoms with E-state index in [0.29, 0.717) is 18.4 Å². The molecule has 18 heavy (non-hydrogen) atoms. The van der Waals surface area contributed by atoms with Gasteiger partial charge < -0.3 is 9.84 Å². The van der Waals surface area contributed by atoms with Gasteiger partial charge in [-0.2, -0.15) is 13.2 Å². The van der Waals surface area contributed by atoms with Crippen molar-refractivity contribution >= 4 is 5.97 Å². The molecule has 0 spiro atoms. The lowest BCUT2D eigenvalue weighted by molar-refractivity contribution is -0.262. The van der Waals surface area contributed by atoms with E-state index in [0.717, 1.165) is 12.8 Å². The average molecular weight is 266 g/mol. The van der Waals surface area contributed by atoms with Crippen molar-refractivity contribution < 1.29 is 27.8 Å². The maximum absolute atomic E-state index is 12.9. The van der Waals surface area contributed by atoms with E-state index in [9.17, 15) is 23.1 Å². The van der Waals surface area contributed by atoms with E-state index in [2.05, 4.69) is 4.74 Å². The lowest BCUT2D eigenvalue weighted by atomic mass is 9.88. The second kappa shape index (κ2) is 5.73. The summed E-state index contributed by atoms with van der Waals surface area (Å²) < 4.78 is 42.9. The van der Waals surface area contributed by atoms with Crippen molar-refractivity contribution in [1.29, 1.82) is 0 Å². The van der Waals surface area contributed by atoms with Crippen molar-refractivity contribution in [2.45, 2.75) is 50.8 Å². The zero-order valence-electron chi connectivity index (χ0n) is 10.2. The molecule has 6 heteroatoms. The summed E-state index contributed by atoms with van der Waals surface area (Å²) in [5.74, 6) is -1.62.